The third-order valence-electron chi connectivity index (χ3n) is 10.7. The molecule has 5 aliphatic heterocycles. The number of ether oxygens (including phenoxy) is 9. The minimum Gasteiger partial charge on any atom is -0.394 e. The summed E-state index contributed by atoms with van der Waals surface area (Å²) in [6.45, 7) is -3.49. The minimum absolute atomic E-state index is 0.708. The van der Waals surface area contributed by atoms with Gasteiger partial charge in [-0.2, -0.15) is 0 Å². The van der Waals surface area contributed by atoms with Crippen molar-refractivity contribution >= 4 is 5.91 Å². The fourth-order valence-corrected chi connectivity index (χ4v) is 7.42. The van der Waals surface area contributed by atoms with Crippen LogP contribution in [0.15, 0.2) is 0 Å². The Kier molecular flexibility index (Phi) is 17.1. The molecule has 27 heteroatoms. The Morgan fingerprint density at radius 1 is 0.407 bits per heavy atom. The molecule has 27 nitrogen and oxygen atoms in total. The molecule has 17 N–H and O–H groups in total. The lowest BCUT2D eigenvalue weighted by atomic mass is 9.95. The van der Waals surface area contributed by atoms with Gasteiger partial charge in [0.2, 0.25) is 5.91 Å². The Labute approximate surface area is 333 Å². The smallest absolute Gasteiger partial charge is 0.217 e. The van der Waals surface area contributed by atoms with E-state index in [4.69, 9.17) is 42.6 Å². The van der Waals surface area contributed by atoms with Crippen molar-refractivity contribution in [3.8, 4) is 0 Å². The van der Waals surface area contributed by atoms with Gasteiger partial charge >= 0.3 is 0 Å². The SMILES string of the molecule is CC(=O)N[C@H]1[C@H](O[C@@H]2[C@H](O)[C@@H](O)[C@H](O[C@H]3[C@@H](O)[C@@H](CO)O[C@@H](O[C@@H]4[C@H](O)[C@@H](O[C@@H]5[C@H](O)[C@@H](O)O[C@H](CO)[C@H]5O)O[C@H](CO)[C@H]4O)[C@@H]3O)O[C@@H]2CO)O[C@H](CO)[C@H](O)[C@@H]1O. The van der Waals surface area contributed by atoms with Crippen molar-refractivity contribution in [1.29, 1.82) is 0 Å². The molecule has 0 bridgehead atoms. The highest BCUT2D eigenvalue weighted by atomic mass is 16.8. The lowest BCUT2D eigenvalue weighted by Crippen LogP contribution is -2.69. The zero-order chi connectivity index (χ0) is 43.6. The van der Waals surface area contributed by atoms with E-state index in [1.54, 1.807) is 0 Å². The predicted octanol–water partition coefficient (Wildman–Crippen LogP) is -11.8. The van der Waals surface area contributed by atoms with E-state index in [1.165, 1.54) is 0 Å². The highest BCUT2D eigenvalue weighted by Crippen LogP contribution is 2.35. The number of rotatable bonds is 14. The molecule has 0 aliphatic carbocycles. The number of nitrogens with one attached hydrogen (secondary N) is 1. The standard InChI is InChI=1S/C32H55NO26/c1-7(39)33-13-18(44)14(40)8(2-34)52-29(13)56-24-12(6-38)55-30(20(46)19(24)45)58-26-16(42)10(4-36)54-32(22(26)48)59-27-17(43)11(5-37)53-31(23(27)49)57-25-15(41)9(3-35)51-28(50)21(25)47/h8-32,34-38,40-50H,2-6H2,1H3,(H,33,39)/t8-,9-,10-,11-,12-,13-,14+,15-,16+,17-,18-,19-,20-,21+,22-,23+,24+,25+,26+,27+,28+,29+,30+,31-,32+/m1/s1. The van der Waals surface area contributed by atoms with E-state index in [-0.39, 0.29) is 0 Å². The molecule has 0 saturated carbocycles. The second-order valence-electron chi connectivity index (χ2n) is 14.7. The molecule has 0 aromatic carbocycles. The average molecular weight is 870 g/mol. The van der Waals surface area contributed by atoms with Crippen molar-refractivity contribution < 1.29 is 129 Å². The van der Waals surface area contributed by atoms with Crippen LogP contribution in [0.5, 0.6) is 0 Å². The number of carbonyl (C=O) groups excluding carboxylic acids is 1. The van der Waals surface area contributed by atoms with Crippen LogP contribution in [0.2, 0.25) is 0 Å². The van der Waals surface area contributed by atoms with Crippen molar-refractivity contribution in [1.82, 2.24) is 5.32 Å². The molecular weight excluding hydrogens is 814 g/mol. The summed E-state index contributed by atoms with van der Waals surface area (Å²) in [6, 6.07) is -1.50. The number of hydrogen-bond acceptors (Lipinski definition) is 26. The third kappa shape index (κ3) is 10.2. The Morgan fingerprint density at radius 3 is 1.20 bits per heavy atom. The van der Waals surface area contributed by atoms with Gasteiger partial charge in [-0.25, -0.2) is 0 Å². The first-order valence-electron chi connectivity index (χ1n) is 18.6. The maximum Gasteiger partial charge on any atom is 0.217 e. The summed E-state index contributed by atoms with van der Waals surface area (Å²) >= 11 is 0. The van der Waals surface area contributed by atoms with Gasteiger partial charge in [0.05, 0.1) is 33.0 Å². The zero-order valence-corrected chi connectivity index (χ0v) is 31.2. The average Bonchev–Trinajstić information content (AvgIpc) is 3.21. The summed E-state index contributed by atoms with van der Waals surface area (Å²) in [4.78, 5) is 11.9. The molecular formula is C32H55NO26. The summed E-state index contributed by atoms with van der Waals surface area (Å²) in [5.74, 6) is -0.708. The fourth-order valence-electron chi connectivity index (χ4n) is 7.42. The molecule has 5 saturated heterocycles. The van der Waals surface area contributed by atoms with E-state index in [0.717, 1.165) is 6.92 Å². The molecule has 5 aliphatic rings. The van der Waals surface area contributed by atoms with Gasteiger partial charge in [-0.3, -0.25) is 4.79 Å². The Balaban J connectivity index is 1.31. The number of aliphatic hydroxyl groups is 16. The van der Waals surface area contributed by atoms with Gasteiger partial charge in [0.25, 0.3) is 0 Å². The van der Waals surface area contributed by atoms with Gasteiger partial charge in [0.1, 0.15) is 122 Å². The van der Waals surface area contributed by atoms with E-state index in [9.17, 15) is 86.5 Å². The maximum atomic E-state index is 11.9. The Hall–Kier alpha value is -1.53. The van der Waals surface area contributed by atoms with E-state index in [2.05, 4.69) is 5.32 Å². The Morgan fingerprint density at radius 2 is 0.763 bits per heavy atom. The second-order valence-corrected chi connectivity index (χ2v) is 14.7. The molecule has 0 radical (unpaired) electrons. The Bertz CT molecular complexity index is 1320. The predicted molar refractivity (Wildman–Crippen MR) is 178 cm³/mol. The van der Waals surface area contributed by atoms with Gasteiger partial charge in [0, 0.05) is 6.92 Å². The highest BCUT2D eigenvalue weighted by molar-refractivity contribution is 5.73. The highest BCUT2D eigenvalue weighted by Gasteiger charge is 2.56. The number of aliphatic hydroxyl groups excluding tert-OH is 16. The number of hydrogen-bond donors (Lipinski definition) is 17. The van der Waals surface area contributed by atoms with Crippen LogP contribution in [0.3, 0.4) is 0 Å². The molecule has 344 valence electrons. The summed E-state index contributed by atoms with van der Waals surface area (Å²) in [5.41, 5.74) is 0. The number of amides is 1. The monoisotopic (exact) mass is 869 g/mol. The summed E-state index contributed by atoms with van der Waals surface area (Å²) < 4.78 is 49.6. The van der Waals surface area contributed by atoms with Crippen LogP contribution in [0.4, 0.5) is 0 Å². The molecule has 0 unspecified atom stereocenters. The van der Waals surface area contributed by atoms with Gasteiger partial charge in [0.15, 0.2) is 31.5 Å². The molecule has 1 amide bonds. The van der Waals surface area contributed by atoms with Gasteiger partial charge in [-0.05, 0) is 0 Å². The van der Waals surface area contributed by atoms with Crippen molar-refractivity contribution in [2.75, 3.05) is 33.0 Å². The van der Waals surface area contributed by atoms with Crippen molar-refractivity contribution in [3.05, 3.63) is 0 Å². The molecule has 5 heterocycles. The van der Waals surface area contributed by atoms with Crippen molar-refractivity contribution in [2.24, 2.45) is 0 Å². The van der Waals surface area contributed by atoms with E-state index in [0.29, 0.717) is 0 Å². The van der Waals surface area contributed by atoms with Crippen LogP contribution >= 0.6 is 0 Å². The minimum atomic E-state index is -2.17. The topological polar surface area (TPSA) is 436 Å². The second kappa shape index (κ2) is 20.8. The zero-order valence-electron chi connectivity index (χ0n) is 31.2. The van der Waals surface area contributed by atoms with Crippen LogP contribution in [-0.2, 0) is 47.4 Å². The molecule has 0 spiro atoms. The fraction of sp³-hybridized carbons (Fsp3) is 0.969. The van der Waals surface area contributed by atoms with Gasteiger partial charge in [-0.15, -0.1) is 0 Å². The van der Waals surface area contributed by atoms with Gasteiger partial charge in [-0.1, -0.05) is 0 Å². The first-order valence-corrected chi connectivity index (χ1v) is 18.6. The summed E-state index contributed by atoms with van der Waals surface area (Å²) in [7, 11) is 0. The van der Waals surface area contributed by atoms with E-state index < -0.39 is 192 Å². The van der Waals surface area contributed by atoms with Crippen LogP contribution in [0, 0.1) is 0 Å². The first kappa shape index (κ1) is 48.5. The molecule has 59 heavy (non-hydrogen) atoms. The molecule has 5 fully saturated rings. The normalized spacial score (nSPS) is 51.0. The summed E-state index contributed by atoms with van der Waals surface area (Å²) in [5, 5.41) is 170. The van der Waals surface area contributed by atoms with Gasteiger partial charge < -0.3 is 130 Å². The molecule has 0 aromatic rings. The summed E-state index contributed by atoms with van der Waals surface area (Å²) in [6.07, 6.45) is -44.7. The third-order valence-corrected chi connectivity index (χ3v) is 10.7. The van der Waals surface area contributed by atoms with Crippen LogP contribution in [0.25, 0.3) is 0 Å². The molecule has 5 rings (SSSR count). The van der Waals surface area contributed by atoms with Crippen molar-refractivity contribution in [2.45, 2.75) is 160 Å². The van der Waals surface area contributed by atoms with Crippen LogP contribution in [-0.4, -0.2) is 274 Å². The maximum absolute atomic E-state index is 11.9. The van der Waals surface area contributed by atoms with Crippen LogP contribution < -0.4 is 5.32 Å². The molecule has 25 atom stereocenters. The largest absolute Gasteiger partial charge is 0.394 e. The number of carbonyl (C=O) groups is 1. The lowest BCUT2D eigenvalue weighted by Gasteiger charge is -2.49. The van der Waals surface area contributed by atoms with E-state index >= 15 is 0 Å². The lowest BCUT2D eigenvalue weighted by molar-refractivity contribution is -0.393. The molecule has 0 aromatic heterocycles. The van der Waals surface area contributed by atoms with Crippen LogP contribution in [0.1, 0.15) is 6.92 Å². The van der Waals surface area contributed by atoms with E-state index in [1.807, 2.05) is 0 Å². The quantitative estimate of drug-likeness (QED) is 0.0770. The van der Waals surface area contributed by atoms with Crippen molar-refractivity contribution in [3.63, 3.8) is 0 Å². The first-order chi connectivity index (χ1) is 27.9.